The van der Waals surface area contributed by atoms with Gasteiger partial charge in [-0.15, -0.1) is 0 Å². The smallest absolute Gasteiger partial charge is 0.120 e. The Labute approximate surface area is 108 Å². The van der Waals surface area contributed by atoms with Crippen LogP contribution in [0.3, 0.4) is 0 Å². The van der Waals surface area contributed by atoms with Gasteiger partial charge in [0, 0.05) is 29.7 Å². The van der Waals surface area contributed by atoms with E-state index in [9.17, 15) is 5.11 Å². The number of likely N-dealkylation sites (tertiary alicyclic amines) is 1. The van der Waals surface area contributed by atoms with Gasteiger partial charge in [-0.05, 0) is 43.9 Å². The summed E-state index contributed by atoms with van der Waals surface area (Å²) in [7, 11) is 0. The third-order valence-corrected chi connectivity index (χ3v) is 3.90. The van der Waals surface area contributed by atoms with Gasteiger partial charge < -0.3 is 5.11 Å². The Kier molecular flexibility index (Phi) is 3.95. The molecule has 1 aromatic rings. The van der Waals surface area contributed by atoms with E-state index in [-0.39, 0.29) is 0 Å². The van der Waals surface area contributed by atoms with Crippen molar-refractivity contribution in [3.05, 3.63) is 28.8 Å². The fourth-order valence-electron chi connectivity index (χ4n) is 2.50. The molecule has 1 aliphatic heterocycles. The van der Waals surface area contributed by atoms with Gasteiger partial charge in [-0.25, -0.2) is 0 Å². The summed E-state index contributed by atoms with van der Waals surface area (Å²) in [5, 5.41) is 10.5. The summed E-state index contributed by atoms with van der Waals surface area (Å²) in [5.74, 6) is 1.09. The maximum absolute atomic E-state index is 9.83. The molecule has 0 aromatic heterocycles. The number of benzene rings is 1. The van der Waals surface area contributed by atoms with Crippen molar-refractivity contribution in [1.82, 2.24) is 4.90 Å². The van der Waals surface area contributed by atoms with Gasteiger partial charge in [0.05, 0.1) is 0 Å². The predicted molar refractivity (Wildman–Crippen MR) is 71.4 cm³/mol. The van der Waals surface area contributed by atoms with Gasteiger partial charge in [0.15, 0.2) is 0 Å². The fourth-order valence-corrected chi connectivity index (χ4v) is 2.69. The van der Waals surface area contributed by atoms with E-state index >= 15 is 0 Å². The second-order valence-electron chi connectivity index (χ2n) is 5.23. The highest BCUT2D eigenvalue weighted by molar-refractivity contribution is 6.30. The van der Waals surface area contributed by atoms with Crippen molar-refractivity contribution in [1.29, 1.82) is 0 Å². The lowest BCUT2D eigenvalue weighted by Crippen LogP contribution is -2.40. The molecule has 2 unspecified atom stereocenters. The molecule has 1 saturated heterocycles. The van der Waals surface area contributed by atoms with Crippen molar-refractivity contribution in [2.45, 2.75) is 39.3 Å². The molecule has 1 fully saturated rings. The van der Waals surface area contributed by atoms with Crippen molar-refractivity contribution in [2.24, 2.45) is 5.92 Å². The number of rotatable bonds is 2. The summed E-state index contributed by atoms with van der Waals surface area (Å²) in [5.41, 5.74) is 0.929. The Morgan fingerprint density at radius 2 is 2.12 bits per heavy atom. The first-order valence-electron chi connectivity index (χ1n) is 6.27. The Morgan fingerprint density at radius 1 is 1.35 bits per heavy atom. The van der Waals surface area contributed by atoms with Crippen molar-refractivity contribution in [3.63, 3.8) is 0 Å². The summed E-state index contributed by atoms with van der Waals surface area (Å²) >= 11 is 5.97. The highest BCUT2D eigenvalue weighted by atomic mass is 35.5. The van der Waals surface area contributed by atoms with E-state index < -0.39 is 0 Å². The first-order valence-corrected chi connectivity index (χ1v) is 6.65. The Hall–Kier alpha value is -0.730. The number of hydrogen-bond acceptors (Lipinski definition) is 2. The molecule has 2 rings (SSSR count). The zero-order valence-corrected chi connectivity index (χ0v) is 11.2. The molecule has 1 aromatic carbocycles. The summed E-state index contributed by atoms with van der Waals surface area (Å²) in [6.07, 6.45) is 2.54. The number of halogens is 1. The van der Waals surface area contributed by atoms with E-state index in [0.717, 1.165) is 24.6 Å². The SMILES string of the molecule is CC1CCC(C)N(Cc2cc(Cl)ccc2O)C1. The van der Waals surface area contributed by atoms with Crippen LogP contribution in [0.4, 0.5) is 0 Å². The molecule has 1 aliphatic rings. The molecule has 2 nitrogen and oxygen atoms in total. The quantitative estimate of drug-likeness (QED) is 0.870. The van der Waals surface area contributed by atoms with E-state index in [4.69, 9.17) is 11.6 Å². The highest BCUT2D eigenvalue weighted by Gasteiger charge is 2.23. The van der Waals surface area contributed by atoms with Gasteiger partial charge >= 0.3 is 0 Å². The molecule has 1 heterocycles. The van der Waals surface area contributed by atoms with E-state index in [2.05, 4.69) is 18.7 Å². The van der Waals surface area contributed by atoms with Crippen LogP contribution in [0.15, 0.2) is 18.2 Å². The van der Waals surface area contributed by atoms with Gasteiger partial charge in [0.25, 0.3) is 0 Å². The van der Waals surface area contributed by atoms with E-state index in [0.29, 0.717) is 16.8 Å². The molecule has 0 radical (unpaired) electrons. The van der Waals surface area contributed by atoms with E-state index in [1.165, 1.54) is 12.8 Å². The molecule has 1 N–H and O–H groups in total. The minimum absolute atomic E-state index is 0.347. The Balaban J connectivity index is 2.11. The maximum Gasteiger partial charge on any atom is 0.120 e. The molecule has 2 atom stereocenters. The molecule has 0 amide bonds. The molecule has 0 spiro atoms. The molecule has 0 bridgehead atoms. The minimum Gasteiger partial charge on any atom is -0.508 e. The average Bonchev–Trinajstić information content (AvgIpc) is 2.28. The normalized spacial score (nSPS) is 26.1. The van der Waals surface area contributed by atoms with Crippen LogP contribution in [0.2, 0.25) is 5.02 Å². The van der Waals surface area contributed by atoms with Crippen LogP contribution in [0, 0.1) is 5.92 Å². The van der Waals surface area contributed by atoms with E-state index in [1.54, 1.807) is 12.1 Å². The number of nitrogens with zero attached hydrogens (tertiary/aromatic N) is 1. The first kappa shape index (κ1) is 12.7. The second kappa shape index (κ2) is 5.28. The summed E-state index contributed by atoms with van der Waals surface area (Å²) in [6, 6.07) is 5.85. The van der Waals surface area contributed by atoms with Crippen LogP contribution in [0.1, 0.15) is 32.3 Å². The standard InChI is InChI=1S/C14H20ClNO/c1-10-3-4-11(2)16(8-10)9-12-7-13(15)5-6-14(12)17/h5-7,10-11,17H,3-4,8-9H2,1-2H3. The Morgan fingerprint density at radius 3 is 2.88 bits per heavy atom. The average molecular weight is 254 g/mol. The molecule has 94 valence electrons. The van der Waals surface area contributed by atoms with Crippen LogP contribution in [-0.2, 0) is 6.54 Å². The largest absolute Gasteiger partial charge is 0.508 e. The number of phenolic OH excluding ortho intramolecular Hbond substituents is 1. The monoisotopic (exact) mass is 253 g/mol. The third kappa shape index (κ3) is 3.14. The zero-order chi connectivity index (χ0) is 12.4. The maximum atomic E-state index is 9.83. The van der Waals surface area contributed by atoms with Gasteiger partial charge in [-0.2, -0.15) is 0 Å². The predicted octanol–water partition coefficient (Wildman–Crippen LogP) is 3.67. The molecular weight excluding hydrogens is 234 g/mol. The Bertz CT molecular complexity index is 394. The lowest BCUT2D eigenvalue weighted by molar-refractivity contribution is 0.116. The third-order valence-electron chi connectivity index (χ3n) is 3.66. The second-order valence-corrected chi connectivity index (χ2v) is 5.67. The number of piperidine rings is 1. The summed E-state index contributed by atoms with van der Waals surface area (Å²) < 4.78 is 0. The molecule has 0 aliphatic carbocycles. The van der Waals surface area contributed by atoms with Crippen LogP contribution in [-0.4, -0.2) is 22.6 Å². The number of aromatic hydroxyl groups is 1. The van der Waals surface area contributed by atoms with E-state index in [1.807, 2.05) is 6.07 Å². The molecule has 0 saturated carbocycles. The highest BCUT2D eigenvalue weighted by Crippen LogP contribution is 2.27. The fraction of sp³-hybridized carbons (Fsp3) is 0.571. The van der Waals surface area contributed by atoms with Crippen LogP contribution in [0.25, 0.3) is 0 Å². The topological polar surface area (TPSA) is 23.5 Å². The van der Waals surface area contributed by atoms with Gasteiger partial charge in [0.2, 0.25) is 0 Å². The summed E-state index contributed by atoms with van der Waals surface area (Å²) in [4.78, 5) is 2.43. The molecule has 3 heteroatoms. The van der Waals surface area contributed by atoms with Crippen LogP contribution >= 0.6 is 11.6 Å². The lowest BCUT2D eigenvalue weighted by Gasteiger charge is -2.36. The lowest BCUT2D eigenvalue weighted by atomic mass is 9.94. The van der Waals surface area contributed by atoms with Crippen molar-refractivity contribution in [2.75, 3.05) is 6.54 Å². The zero-order valence-electron chi connectivity index (χ0n) is 10.5. The number of hydrogen-bond donors (Lipinski definition) is 1. The minimum atomic E-state index is 0.347. The molecular formula is C14H20ClNO. The van der Waals surface area contributed by atoms with Crippen LogP contribution < -0.4 is 0 Å². The van der Waals surface area contributed by atoms with Gasteiger partial charge in [-0.1, -0.05) is 18.5 Å². The van der Waals surface area contributed by atoms with Crippen LogP contribution in [0.5, 0.6) is 5.75 Å². The van der Waals surface area contributed by atoms with Crippen molar-refractivity contribution in [3.8, 4) is 5.75 Å². The van der Waals surface area contributed by atoms with Crippen molar-refractivity contribution < 1.29 is 5.11 Å². The first-order chi connectivity index (χ1) is 8.06. The summed E-state index contributed by atoms with van der Waals surface area (Å²) in [6.45, 7) is 6.44. The van der Waals surface area contributed by atoms with Gasteiger partial charge in [0.1, 0.15) is 5.75 Å². The van der Waals surface area contributed by atoms with Crippen molar-refractivity contribution >= 4 is 11.6 Å². The van der Waals surface area contributed by atoms with Gasteiger partial charge in [-0.3, -0.25) is 4.90 Å². The molecule has 17 heavy (non-hydrogen) atoms. The number of phenols is 1.